The maximum atomic E-state index is 12.8. The van der Waals surface area contributed by atoms with Gasteiger partial charge in [0, 0.05) is 10.0 Å². The zero-order valence-corrected chi connectivity index (χ0v) is 12.0. The smallest absolute Gasteiger partial charge is 0.206 e. The van der Waals surface area contributed by atoms with E-state index < -0.39 is 0 Å². The second kappa shape index (κ2) is 5.50. The molecule has 0 N–H and O–H groups in total. The van der Waals surface area contributed by atoms with Crippen LogP contribution in [0.15, 0.2) is 53.0 Å². The quantitative estimate of drug-likeness (QED) is 0.739. The SMILES string of the molecule is Fc1ccc(Cn2nnc(-c3ccccc3Br)n2)cc1. The number of benzene rings is 2. The molecule has 1 heterocycles. The fourth-order valence-electron chi connectivity index (χ4n) is 1.81. The van der Waals surface area contributed by atoms with Crippen LogP contribution in [-0.2, 0) is 6.54 Å². The molecule has 3 rings (SSSR count). The van der Waals surface area contributed by atoms with Crippen molar-refractivity contribution in [1.82, 2.24) is 20.2 Å². The van der Waals surface area contributed by atoms with Crippen molar-refractivity contribution < 1.29 is 4.39 Å². The predicted molar refractivity (Wildman–Crippen MR) is 76.5 cm³/mol. The number of aromatic nitrogens is 4. The van der Waals surface area contributed by atoms with Crippen molar-refractivity contribution in [3.63, 3.8) is 0 Å². The van der Waals surface area contributed by atoms with Crippen LogP contribution < -0.4 is 0 Å². The summed E-state index contributed by atoms with van der Waals surface area (Å²) in [6.45, 7) is 0.456. The third-order valence-corrected chi connectivity index (χ3v) is 3.50. The van der Waals surface area contributed by atoms with Crippen LogP contribution in [0, 0.1) is 5.82 Å². The summed E-state index contributed by atoms with van der Waals surface area (Å²) in [5.74, 6) is 0.300. The third kappa shape index (κ3) is 2.75. The summed E-state index contributed by atoms with van der Waals surface area (Å²) in [6.07, 6.45) is 0. The van der Waals surface area contributed by atoms with Gasteiger partial charge in [0.05, 0.1) is 6.54 Å². The van der Waals surface area contributed by atoms with E-state index in [1.54, 1.807) is 12.1 Å². The minimum absolute atomic E-state index is 0.255. The molecule has 0 spiro atoms. The van der Waals surface area contributed by atoms with Crippen LogP contribution in [0.4, 0.5) is 4.39 Å². The van der Waals surface area contributed by atoms with Crippen LogP contribution >= 0.6 is 15.9 Å². The van der Waals surface area contributed by atoms with Crippen LogP contribution in [-0.4, -0.2) is 20.2 Å². The Hall–Kier alpha value is -2.08. The Morgan fingerprint density at radius 1 is 1.05 bits per heavy atom. The van der Waals surface area contributed by atoms with Crippen molar-refractivity contribution in [2.45, 2.75) is 6.54 Å². The minimum Gasteiger partial charge on any atom is -0.207 e. The van der Waals surface area contributed by atoms with Gasteiger partial charge in [-0.15, -0.1) is 10.2 Å². The van der Waals surface area contributed by atoms with Gasteiger partial charge in [-0.05, 0) is 35.0 Å². The first-order chi connectivity index (χ1) is 9.72. The Balaban J connectivity index is 1.84. The molecule has 0 aliphatic heterocycles. The molecule has 2 aromatic carbocycles. The van der Waals surface area contributed by atoms with E-state index in [0.29, 0.717) is 12.4 Å². The molecule has 0 aliphatic rings. The maximum Gasteiger partial charge on any atom is 0.206 e. The fourth-order valence-corrected chi connectivity index (χ4v) is 2.28. The highest BCUT2D eigenvalue weighted by atomic mass is 79.9. The predicted octanol–water partition coefficient (Wildman–Crippen LogP) is 3.29. The second-order valence-corrected chi connectivity index (χ2v) is 5.10. The highest BCUT2D eigenvalue weighted by molar-refractivity contribution is 9.10. The highest BCUT2D eigenvalue weighted by Crippen LogP contribution is 2.24. The van der Waals surface area contributed by atoms with Crippen LogP contribution in [0.1, 0.15) is 5.56 Å². The Morgan fingerprint density at radius 3 is 2.55 bits per heavy atom. The van der Waals surface area contributed by atoms with Gasteiger partial charge < -0.3 is 0 Å². The van der Waals surface area contributed by atoms with Gasteiger partial charge in [0.2, 0.25) is 5.82 Å². The van der Waals surface area contributed by atoms with Gasteiger partial charge in [-0.3, -0.25) is 0 Å². The average Bonchev–Trinajstić information content (AvgIpc) is 2.90. The molecule has 0 saturated heterocycles. The molecule has 0 unspecified atom stereocenters. The van der Waals surface area contributed by atoms with E-state index in [9.17, 15) is 4.39 Å². The van der Waals surface area contributed by atoms with Gasteiger partial charge >= 0.3 is 0 Å². The van der Waals surface area contributed by atoms with Crippen molar-refractivity contribution >= 4 is 15.9 Å². The molecule has 0 bridgehead atoms. The lowest BCUT2D eigenvalue weighted by Crippen LogP contribution is -2.04. The van der Waals surface area contributed by atoms with Gasteiger partial charge in [-0.1, -0.05) is 40.2 Å². The van der Waals surface area contributed by atoms with Gasteiger partial charge in [-0.25, -0.2) is 4.39 Å². The maximum absolute atomic E-state index is 12.8. The third-order valence-electron chi connectivity index (χ3n) is 2.80. The zero-order valence-electron chi connectivity index (χ0n) is 10.4. The van der Waals surface area contributed by atoms with Gasteiger partial charge in [-0.2, -0.15) is 4.80 Å². The molecule has 6 heteroatoms. The summed E-state index contributed by atoms with van der Waals surface area (Å²) in [5, 5.41) is 12.4. The number of hydrogen-bond acceptors (Lipinski definition) is 3. The Morgan fingerprint density at radius 2 is 1.80 bits per heavy atom. The largest absolute Gasteiger partial charge is 0.207 e. The number of tetrazole rings is 1. The molecule has 0 amide bonds. The monoisotopic (exact) mass is 332 g/mol. The second-order valence-electron chi connectivity index (χ2n) is 4.25. The van der Waals surface area contributed by atoms with Crippen LogP contribution in [0.25, 0.3) is 11.4 Å². The van der Waals surface area contributed by atoms with Crippen molar-refractivity contribution in [1.29, 1.82) is 0 Å². The lowest BCUT2D eigenvalue weighted by atomic mass is 10.2. The summed E-state index contributed by atoms with van der Waals surface area (Å²) < 4.78 is 13.8. The zero-order chi connectivity index (χ0) is 13.9. The Labute approximate surface area is 123 Å². The molecule has 100 valence electrons. The minimum atomic E-state index is -0.255. The van der Waals surface area contributed by atoms with Crippen LogP contribution in [0.3, 0.4) is 0 Å². The molecule has 0 atom stereocenters. The van der Waals surface area contributed by atoms with Crippen molar-refractivity contribution in [2.75, 3.05) is 0 Å². The van der Waals surface area contributed by atoms with Gasteiger partial charge in [0.15, 0.2) is 0 Å². The Kier molecular flexibility index (Phi) is 3.56. The standard InChI is InChI=1S/C14H10BrFN4/c15-13-4-2-1-3-12(13)14-17-19-20(18-14)9-10-5-7-11(16)8-6-10/h1-8H,9H2. The van der Waals surface area contributed by atoms with E-state index in [-0.39, 0.29) is 5.82 Å². The molecule has 0 saturated carbocycles. The topological polar surface area (TPSA) is 43.6 Å². The molecule has 4 nitrogen and oxygen atoms in total. The number of halogens is 2. The summed E-state index contributed by atoms with van der Waals surface area (Å²) >= 11 is 3.46. The van der Waals surface area contributed by atoms with E-state index in [1.807, 2.05) is 24.3 Å². The normalized spacial score (nSPS) is 10.7. The molecular formula is C14H10BrFN4. The molecule has 0 fully saturated rings. The van der Waals surface area contributed by atoms with E-state index in [1.165, 1.54) is 16.9 Å². The first kappa shape index (κ1) is 12.9. The lowest BCUT2D eigenvalue weighted by Gasteiger charge is -1.99. The van der Waals surface area contributed by atoms with Gasteiger partial charge in [0.25, 0.3) is 0 Å². The highest BCUT2D eigenvalue weighted by Gasteiger charge is 2.09. The van der Waals surface area contributed by atoms with Crippen molar-refractivity contribution in [3.8, 4) is 11.4 Å². The first-order valence-corrected chi connectivity index (χ1v) is 6.79. The molecule has 20 heavy (non-hydrogen) atoms. The van der Waals surface area contributed by atoms with E-state index >= 15 is 0 Å². The van der Waals surface area contributed by atoms with E-state index in [2.05, 4.69) is 31.3 Å². The summed E-state index contributed by atoms with van der Waals surface area (Å²) in [4.78, 5) is 1.49. The number of rotatable bonds is 3. The van der Waals surface area contributed by atoms with Gasteiger partial charge in [0.1, 0.15) is 5.82 Å². The molecule has 3 aromatic rings. The number of nitrogens with zero attached hydrogens (tertiary/aromatic N) is 4. The van der Waals surface area contributed by atoms with E-state index in [0.717, 1.165) is 15.6 Å². The number of hydrogen-bond donors (Lipinski definition) is 0. The molecule has 0 radical (unpaired) electrons. The fraction of sp³-hybridized carbons (Fsp3) is 0.0714. The molecule has 1 aromatic heterocycles. The summed E-state index contributed by atoms with van der Waals surface area (Å²) in [5.41, 5.74) is 1.81. The average molecular weight is 333 g/mol. The first-order valence-electron chi connectivity index (χ1n) is 5.99. The van der Waals surface area contributed by atoms with Crippen molar-refractivity contribution in [3.05, 3.63) is 64.4 Å². The lowest BCUT2D eigenvalue weighted by molar-refractivity contribution is 0.570. The summed E-state index contributed by atoms with van der Waals surface area (Å²) in [7, 11) is 0. The van der Waals surface area contributed by atoms with Crippen LogP contribution in [0.2, 0.25) is 0 Å². The van der Waals surface area contributed by atoms with Crippen molar-refractivity contribution in [2.24, 2.45) is 0 Å². The van der Waals surface area contributed by atoms with E-state index in [4.69, 9.17) is 0 Å². The molecule has 0 aliphatic carbocycles. The molecular weight excluding hydrogens is 323 g/mol. The Bertz CT molecular complexity index is 724. The van der Waals surface area contributed by atoms with Crippen LogP contribution in [0.5, 0.6) is 0 Å². The summed E-state index contributed by atoms with van der Waals surface area (Å²) in [6, 6.07) is 13.9.